The number of alkyl halides is 1. The zero-order valence-electron chi connectivity index (χ0n) is 12.8. The first-order valence-corrected chi connectivity index (χ1v) is 9.26. The van der Waals surface area contributed by atoms with E-state index in [0.717, 1.165) is 18.7 Å². The summed E-state index contributed by atoms with van der Waals surface area (Å²) < 4.78 is 34.7. The molecule has 1 saturated heterocycles. The maximum Gasteiger partial charge on any atom is 0.245 e. The van der Waals surface area contributed by atoms with Crippen molar-refractivity contribution in [3.8, 4) is 0 Å². The number of nitrogens with zero attached hydrogens (tertiary/aromatic N) is 2. The molecule has 5 nitrogen and oxygen atoms in total. The number of halogens is 1. The molecule has 0 radical (unpaired) electrons. The number of aromatic nitrogens is 1. The number of ether oxygens (including phenoxy) is 1. The van der Waals surface area contributed by atoms with E-state index < -0.39 is 10.0 Å². The van der Waals surface area contributed by atoms with Gasteiger partial charge in [0.25, 0.3) is 0 Å². The summed E-state index contributed by atoms with van der Waals surface area (Å²) in [4.78, 5) is 0.326. The van der Waals surface area contributed by atoms with Crippen molar-refractivity contribution in [2.24, 2.45) is 0 Å². The van der Waals surface area contributed by atoms with Crippen molar-refractivity contribution in [2.45, 2.75) is 56.7 Å². The standard InChI is InChI=1S/C14H23ClN2O3S/c1-4-5-16-9-14(6-13(16)7-15)21(18,19)17-8-12(3)20-10-11(17)2/h6,9,11-12H,4-5,7-8,10H2,1-3H3. The van der Waals surface area contributed by atoms with Gasteiger partial charge >= 0.3 is 0 Å². The fourth-order valence-electron chi connectivity index (χ4n) is 2.57. The Bertz CT molecular complexity index is 585. The lowest BCUT2D eigenvalue weighted by molar-refractivity contribution is -0.0170. The Kier molecular flexibility index (Phi) is 5.35. The molecule has 0 spiro atoms. The Morgan fingerprint density at radius 1 is 1.43 bits per heavy atom. The van der Waals surface area contributed by atoms with Crippen molar-refractivity contribution >= 4 is 21.6 Å². The summed E-state index contributed by atoms with van der Waals surface area (Å²) in [5.41, 5.74) is 0.839. The molecule has 0 bridgehead atoms. The minimum atomic E-state index is -3.50. The number of sulfonamides is 1. The normalized spacial score (nSPS) is 24.4. The van der Waals surface area contributed by atoms with Gasteiger partial charge in [-0.25, -0.2) is 8.42 Å². The van der Waals surface area contributed by atoms with E-state index in [1.807, 2.05) is 18.4 Å². The number of morpholine rings is 1. The van der Waals surface area contributed by atoms with Crippen molar-refractivity contribution in [1.82, 2.24) is 8.87 Å². The molecule has 2 heterocycles. The molecule has 1 aromatic rings. The largest absolute Gasteiger partial charge is 0.375 e. The van der Waals surface area contributed by atoms with Crippen LogP contribution in [0.2, 0.25) is 0 Å². The predicted octanol–water partition coefficient (Wildman–Crippen LogP) is 2.43. The maximum atomic E-state index is 12.8. The van der Waals surface area contributed by atoms with Gasteiger partial charge in [0.05, 0.1) is 18.6 Å². The Morgan fingerprint density at radius 2 is 2.14 bits per heavy atom. The molecule has 120 valence electrons. The second-order valence-electron chi connectivity index (χ2n) is 5.56. The van der Waals surface area contributed by atoms with E-state index >= 15 is 0 Å². The molecule has 1 aliphatic heterocycles. The third-order valence-corrected chi connectivity index (χ3v) is 5.94. The van der Waals surface area contributed by atoms with Crippen LogP contribution in [0, 0.1) is 0 Å². The minimum Gasteiger partial charge on any atom is -0.375 e. The molecule has 7 heteroatoms. The van der Waals surface area contributed by atoms with Gasteiger partial charge < -0.3 is 9.30 Å². The van der Waals surface area contributed by atoms with Crippen LogP contribution in [0.15, 0.2) is 17.2 Å². The average molecular weight is 335 g/mol. The lowest BCUT2D eigenvalue weighted by Crippen LogP contribution is -2.49. The minimum absolute atomic E-state index is 0.0822. The van der Waals surface area contributed by atoms with Crippen LogP contribution in [0.25, 0.3) is 0 Å². The first-order valence-electron chi connectivity index (χ1n) is 7.28. The van der Waals surface area contributed by atoms with Crippen molar-refractivity contribution in [3.63, 3.8) is 0 Å². The number of rotatable bonds is 5. The quantitative estimate of drug-likeness (QED) is 0.777. The van der Waals surface area contributed by atoms with Crippen molar-refractivity contribution in [3.05, 3.63) is 18.0 Å². The number of aryl methyl sites for hydroxylation is 1. The molecule has 2 rings (SSSR count). The first-order chi connectivity index (χ1) is 9.90. The second-order valence-corrected chi connectivity index (χ2v) is 7.72. The van der Waals surface area contributed by atoms with Gasteiger partial charge in [-0.2, -0.15) is 4.31 Å². The molecule has 2 atom stereocenters. The van der Waals surface area contributed by atoms with E-state index in [2.05, 4.69) is 6.92 Å². The van der Waals surface area contributed by atoms with E-state index in [-0.39, 0.29) is 12.1 Å². The Hall–Kier alpha value is -0.560. The van der Waals surface area contributed by atoms with Crippen LogP contribution in [0.5, 0.6) is 0 Å². The van der Waals surface area contributed by atoms with Crippen LogP contribution in [-0.4, -0.2) is 42.6 Å². The highest BCUT2D eigenvalue weighted by Crippen LogP contribution is 2.25. The highest BCUT2D eigenvalue weighted by molar-refractivity contribution is 7.89. The van der Waals surface area contributed by atoms with E-state index in [1.54, 1.807) is 12.3 Å². The van der Waals surface area contributed by atoms with Gasteiger partial charge in [-0.05, 0) is 26.3 Å². The van der Waals surface area contributed by atoms with Crippen LogP contribution in [-0.2, 0) is 27.2 Å². The van der Waals surface area contributed by atoms with Crippen molar-refractivity contribution < 1.29 is 13.2 Å². The fraction of sp³-hybridized carbons (Fsp3) is 0.714. The van der Waals surface area contributed by atoms with Crippen LogP contribution < -0.4 is 0 Å². The molecule has 0 N–H and O–H groups in total. The van der Waals surface area contributed by atoms with Crippen molar-refractivity contribution in [2.75, 3.05) is 13.2 Å². The van der Waals surface area contributed by atoms with Crippen molar-refractivity contribution in [1.29, 1.82) is 0 Å². The Morgan fingerprint density at radius 3 is 2.76 bits per heavy atom. The average Bonchev–Trinajstić information content (AvgIpc) is 2.85. The Labute approximate surface area is 131 Å². The van der Waals surface area contributed by atoms with Gasteiger partial charge in [-0.3, -0.25) is 0 Å². The molecular formula is C14H23ClN2O3S. The van der Waals surface area contributed by atoms with Gasteiger partial charge in [0.2, 0.25) is 10.0 Å². The molecule has 21 heavy (non-hydrogen) atoms. The smallest absolute Gasteiger partial charge is 0.245 e. The molecule has 0 aliphatic carbocycles. The fourth-order valence-corrected chi connectivity index (χ4v) is 4.56. The summed E-state index contributed by atoms with van der Waals surface area (Å²) in [6.45, 7) is 7.40. The van der Waals surface area contributed by atoms with Gasteiger partial charge in [0.1, 0.15) is 4.90 Å². The van der Waals surface area contributed by atoms with E-state index in [0.29, 0.717) is 23.9 Å². The summed E-state index contributed by atoms with van der Waals surface area (Å²) in [5, 5.41) is 0. The predicted molar refractivity (Wildman–Crippen MR) is 83.0 cm³/mol. The maximum absolute atomic E-state index is 12.8. The van der Waals surface area contributed by atoms with Crippen LogP contribution in [0.4, 0.5) is 0 Å². The highest BCUT2D eigenvalue weighted by atomic mass is 35.5. The molecule has 0 saturated carbocycles. The SMILES string of the molecule is CCCn1cc(S(=O)(=O)N2CC(C)OCC2C)cc1CCl. The number of hydrogen-bond donors (Lipinski definition) is 0. The molecule has 0 aromatic carbocycles. The lowest BCUT2D eigenvalue weighted by Gasteiger charge is -2.35. The molecule has 1 aliphatic rings. The van der Waals surface area contributed by atoms with Gasteiger partial charge in [-0.1, -0.05) is 6.92 Å². The summed E-state index contributed by atoms with van der Waals surface area (Å²) in [6.07, 6.45) is 2.55. The zero-order chi connectivity index (χ0) is 15.6. The molecule has 0 amide bonds. The van der Waals surface area contributed by atoms with Crippen LogP contribution in [0.1, 0.15) is 32.9 Å². The first kappa shape index (κ1) is 16.8. The molecule has 1 aromatic heterocycles. The summed E-state index contributed by atoms with van der Waals surface area (Å²) in [7, 11) is -3.50. The van der Waals surface area contributed by atoms with E-state index in [4.69, 9.17) is 16.3 Å². The lowest BCUT2D eigenvalue weighted by atomic mass is 10.2. The van der Waals surface area contributed by atoms with Gasteiger partial charge in [0, 0.05) is 31.0 Å². The van der Waals surface area contributed by atoms with E-state index in [1.165, 1.54) is 4.31 Å². The molecule has 1 fully saturated rings. The summed E-state index contributed by atoms with van der Waals surface area (Å²) in [6, 6.07) is 1.53. The van der Waals surface area contributed by atoms with Crippen LogP contribution >= 0.6 is 11.6 Å². The topological polar surface area (TPSA) is 51.5 Å². The van der Waals surface area contributed by atoms with Gasteiger partial charge in [0.15, 0.2) is 0 Å². The third kappa shape index (κ3) is 3.44. The van der Waals surface area contributed by atoms with E-state index in [9.17, 15) is 8.42 Å². The molecule has 2 unspecified atom stereocenters. The zero-order valence-corrected chi connectivity index (χ0v) is 14.3. The molecular weight excluding hydrogens is 312 g/mol. The second kappa shape index (κ2) is 6.69. The highest BCUT2D eigenvalue weighted by Gasteiger charge is 2.35. The third-order valence-electron chi connectivity index (χ3n) is 3.72. The summed E-state index contributed by atoms with van der Waals surface area (Å²) in [5.74, 6) is 0.310. The van der Waals surface area contributed by atoms with Gasteiger partial charge in [-0.15, -0.1) is 11.6 Å². The monoisotopic (exact) mass is 334 g/mol. The summed E-state index contributed by atoms with van der Waals surface area (Å²) >= 11 is 5.92. The number of hydrogen-bond acceptors (Lipinski definition) is 3. The van der Waals surface area contributed by atoms with Crippen LogP contribution in [0.3, 0.4) is 0 Å². The Balaban J connectivity index is 2.34.